The maximum atomic E-state index is 6.39. The Hall–Kier alpha value is -2.86. The van der Waals surface area contributed by atoms with Crippen LogP contribution in [0.4, 0.5) is 11.8 Å². The van der Waals surface area contributed by atoms with Gasteiger partial charge in [0.05, 0.1) is 13.2 Å². The van der Waals surface area contributed by atoms with Crippen molar-refractivity contribution in [3.63, 3.8) is 0 Å². The summed E-state index contributed by atoms with van der Waals surface area (Å²) < 4.78 is 26.5. The third kappa shape index (κ3) is 3.59. The number of imidazole rings is 1. The molecule has 0 radical (unpaired) electrons. The fourth-order valence-electron chi connectivity index (χ4n) is 4.12. The first kappa shape index (κ1) is 20.1. The topological polar surface area (TPSA) is 131 Å². The van der Waals surface area contributed by atoms with Crippen LogP contribution in [-0.2, 0) is 25.6 Å². The van der Waals surface area contributed by atoms with Gasteiger partial charge in [0.15, 0.2) is 29.0 Å². The fourth-order valence-corrected chi connectivity index (χ4v) is 4.12. The van der Waals surface area contributed by atoms with E-state index in [0.717, 1.165) is 5.56 Å². The lowest BCUT2D eigenvalue weighted by atomic mass is 10.1. The van der Waals surface area contributed by atoms with E-state index in [2.05, 4.69) is 25.3 Å². The molecule has 31 heavy (non-hydrogen) atoms. The Kier molecular flexibility index (Phi) is 4.97. The van der Waals surface area contributed by atoms with Crippen LogP contribution in [0.1, 0.15) is 25.6 Å². The first-order valence-corrected chi connectivity index (χ1v) is 10.1. The molecule has 0 saturated carbocycles. The van der Waals surface area contributed by atoms with Crippen LogP contribution in [0.3, 0.4) is 0 Å². The molecule has 3 aromatic heterocycles. The number of aromatic nitrogens is 5. The number of rotatable bonds is 6. The summed E-state index contributed by atoms with van der Waals surface area (Å²) in [5.41, 5.74) is 8.06. The lowest BCUT2D eigenvalue weighted by Gasteiger charge is -2.25. The van der Waals surface area contributed by atoms with E-state index >= 15 is 0 Å². The summed E-state index contributed by atoms with van der Waals surface area (Å²) in [6.07, 6.45) is 3.37. The summed E-state index contributed by atoms with van der Waals surface area (Å²) in [4.78, 5) is 17.1. The van der Waals surface area contributed by atoms with E-state index in [1.807, 2.05) is 30.5 Å². The SMILES string of the molecule is CNc1nc2c(N)ncnc2n1[C@@H]1O[C@H](COCc2cccnc2)[C@H]2OC(C)(C)O[C@H]21. The van der Waals surface area contributed by atoms with Crippen LogP contribution in [-0.4, -0.2) is 62.3 Å². The largest absolute Gasteiger partial charge is 0.382 e. The lowest BCUT2D eigenvalue weighted by molar-refractivity contribution is -0.201. The Morgan fingerprint density at radius 1 is 1.26 bits per heavy atom. The third-order valence-electron chi connectivity index (χ3n) is 5.38. The Balaban J connectivity index is 1.43. The van der Waals surface area contributed by atoms with Gasteiger partial charge in [-0.3, -0.25) is 9.55 Å². The summed E-state index contributed by atoms with van der Waals surface area (Å²) in [5, 5.41) is 3.08. The van der Waals surface area contributed by atoms with E-state index < -0.39 is 12.0 Å². The van der Waals surface area contributed by atoms with Gasteiger partial charge in [0, 0.05) is 19.4 Å². The number of nitrogens with one attached hydrogen (secondary N) is 1. The number of nitrogens with zero attached hydrogens (tertiary/aromatic N) is 5. The number of anilines is 2. The number of hydrogen-bond acceptors (Lipinski definition) is 10. The molecule has 2 saturated heterocycles. The van der Waals surface area contributed by atoms with Gasteiger partial charge in [-0.2, -0.15) is 0 Å². The predicted molar refractivity (Wildman–Crippen MR) is 111 cm³/mol. The van der Waals surface area contributed by atoms with Gasteiger partial charge in [-0.1, -0.05) is 6.07 Å². The maximum Gasteiger partial charge on any atom is 0.207 e. The first-order chi connectivity index (χ1) is 15.0. The van der Waals surface area contributed by atoms with Crippen molar-refractivity contribution in [3.8, 4) is 0 Å². The van der Waals surface area contributed by atoms with Gasteiger partial charge in [-0.25, -0.2) is 15.0 Å². The molecule has 0 aromatic carbocycles. The fraction of sp³-hybridized carbons (Fsp3) is 0.500. The van der Waals surface area contributed by atoms with Crippen LogP contribution in [0.15, 0.2) is 30.9 Å². The van der Waals surface area contributed by atoms with Gasteiger partial charge in [-0.05, 0) is 25.5 Å². The van der Waals surface area contributed by atoms with E-state index in [0.29, 0.717) is 36.1 Å². The number of hydrogen-bond donors (Lipinski definition) is 2. The molecule has 3 N–H and O–H groups in total. The van der Waals surface area contributed by atoms with E-state index in [4.69, 9.17) is 24.7 Å². The van der Waals surface area contributed by atoms with Gasteiger partial charge >= 0.3 is 0 Å². The highest BCUT2D eigenvalue weighted by atomic mass is 16.8. The van der Waals surface area contributed by atoms with Gasteiger partial charge in [0.1, 0.15) is 24.6 Å². The van der Waals surface area contributed by atoms with Crippen molar-refractivity contribution in [2.24, 2.45) is 0 Å². The van der Waals surface area contributed by atoms with E-state index in [-0.39, 0.29) is 18.3 Å². The number of fused-ring (bicyclic) bond motifs is 2. The molecule has 164 valence electrons. The predicted octanol–water partition coefficient (Wildman–Crippen LogP) is 1.48. The van der Waals surface area contributed by atoms with Gasteiger partial charge in [0.25, 0.3) is 0 Å². The minimum Gasteiger partial charge on any atom is -0.382 e. The van der Waals surface area contributed by atoms with Gasteiger partial charge in [-0.15, -0.1) is 0 Å². The van der Waals surface area contributed by atoms with Crippen LogP contribution in [0.5, 0.6) is 0 Å². The highest BCUT2D eigenvalue weighted by molar-refractivity contribution is 5.84. The number of nitrogen functional groups attached to an aromatic ring is 1. The molecule has 0 amide bonds. The molecule has 11 nitrogen and oxygen atoms in total. The quantitative estimate of drug-likeness (QED) is 0.596. The van der Waals surface area contributed by atoms with Crippen LogP contribution < -0.4 is 11.1 Å². The summed E-state index contributed by atoms with van der Waals surface area (Å²) in [7, 11) is 1.78. The number of ether oxygens (including phenoxy) is 4. The van der Waals surface area contributed by atoms with Crippen molar-refractivity contribution in [3.05, 3.63) is 36.4 Å². The van der Waals surface area contributed by atoms with Crippen LogP contribution in [0.2, 0.25) is 0 Å². The van der Waals surface area contributed by atoms with Crippen LogP contribution in [0.25, 0.3) is 11.2 Å². The molecule has 0 spiro atoms. The second-order valence-corrected chi connectivity index (χ2v) is 7.99. The minimum atomic E-state index is -0.747. The summed E-state index contributed by atoms with van der Waals surface area (Å²) >= 11 is 0. The monoisotopic (exact) mass is 427 g/mol. The lowest BCUT2D eigenvalue weighted by Crippen LogP contribution is -2.32. The Labute approximate surface area is 178 Å². The molecule has 2 fully saturated rings. The highest BCUT2D eigenvalue weighted by Gasteiger charge is 2.56. The molecule has 0 unspecified atom stereocenters. The number of nitrogens with two attached hydrogens (primary N) is 1. The number of pyridine rings is 1. The normalized spacial score (nSPS) is 26.9. The molecule has 11 heteroatoms. The molecule has 3 aromatic rings. The summed E-state index contributed by atoms with van der Waals surface area (Å²) in [5.74, 6) is 0.106. The second kappa shape index (κ2) is 7.68. The minimum absolute atomic E-state index is 0.301. The smallest absolute Gasteiger partial charge is 0.207 e. The van der Waals surface area contributed by atoms with E-state index in [9.17, 15) is 0 Å². The van der Waals surface area contributed by atoms with Gasteiger partial charge in [0.2, 0.25) is 5.95 Å². The van der Waals surface area contributed by atoms with Gasteiger partial charge < -0.3 is 30.0 Å². The van der Waals surface area contributed by atoms with Crippen molar-refractivity contribution in [1.29, 1.82) is 0 Å². The average molecular weight is 427 g/mol. The van der Waals surface area contributed by atoms with Crippen molar-refractivity contribution < 1.29 is 18.9 Å². The summed E-state index contributed by atoms with van der Waals surface area (Å²) in [6, 6.07) is 3.84. The molecule has 5 rings (SSSR count). The Bertz CT molecular complexity index is 1070. The molecule has 4 atom stereocenters. The average Bonchev–Trinajstić information content (AvgIpc) is 3.38. The van der Waals surface area contributed by atoms with Crippen molar-refractivity contribution in [2.45, 2.75) is 50.8 Å². The zero-order valence-electron chi connectivity index (χ0n) is 17.6. The molecule has 5 heterocycles. The van der Waals surface area contributed by atoms with Crippen molar-refractivity contribution in [2.75, 3.05) is 24.7 Å². The molecule has 2 aliphatic heterocycles. The molecule has 0 bridgehead atoms. The first-order valence-electron chi connectivity index (χ1n) is 10.1. The van der Waals surface area contributed by atoms with Crippen LogP contribution >= 0.6 is 0 Å². The Morgan fingerprint density at radius 3 is 2.87 bits per heavy atom. The Morgan fingerprint density at radius 2 is 2.10 bits per heavy atom. The second-order valence-electron chi connectivity index (χ2n) is 7.99. The highest BCUT2D eigenvalue weighted by Crippen LogP contribution is 2.45. The summed E-state index contributed by atoms with van der Waals surface area (Å²) in [6.45, 7) is 4.55. The van der Waals surface area contributed by atoms with Crippen LogP contribution in [0, 0.1) is 0 Å². The zero-order valence-corrected chi connectivity index (χ0v) is 17.6. The molecular weight excluding hydrogens is 402 g/mol. The maximum absolute atomic E-state index is 6.39. The van der Waals surface area contributed by atoms with E-state index in [1.165, 1.54) is 6.33 Å². The zero-order chi connectivity index (χ0) is 21.6. The van der Waals surface area contributed by atoms with Crippen molar-refractivity contribution >= 4 is 22.9 Å². The van der Waals surface area contributed by atoms with E-state index in [1.54, 1.807) is 19.4 Å². The standard InChI is InChI=1S/C20H25N7O4/c1-20(2)30-14-12(9-28-8-11-5-4-6-23-7-11)29-18(15(14)31-20)27-17-13(26-19(27)22-3)16(21)24-10-25-17/h4-7,10,12,14-15,18H,8-9H2,1-3H3,(H,22,26)(H2,21,24,25)/t12-,14-,15-,18-/m1/s1. The van der Waals surface area contributed by atoms with Crippen molar-refractivity contribution in [1.82, 2.24) is 24.5 Å². The molecule has 0 aliphatic carbocycles. The molecular formula is C20H25N7O4. The molecule has 2 aliphatic rings. The third-order valence-corrected chi connectivity index (χ3v) is 5.38.